The minimum Gasteiger partial charge on any atom is -0.489 e. The first kappa shape index (κ1) is 21.8. The number of aromatic nitrogens is 1. The van der Waals surface area contributed by atoms with Gasteiger partial charge in [0.15, 0.2) is 5.84 Å². The molecule has 0 bridgehead atoms. The molecule has 0 saturated heterocycles. The van der Waals surface area contributed by atoms with Crippen LogP contribution in [0.2, 0.25) is 0 Å². The first-order chi connectivity index (χ1) is 14.9. The Bertz CT molecular complexity index is 1060. The molecule has 0 aliphatic heterocycles. The molecule has 0 spiro atoms. The second-order valence-electron chi connectivity index (χ2n) is 6.87. The van der Waals surface area contributed by atoms with Crippen LogP contribution in [0.15, 0.2) is 72.1 Å². The van der Waals surface area contributed by atoms with Crippen molar-refractivity contribution in [3.8, 4) is 5.75 Å². The highest BCUT2D eigenvalue weighted by atomic mass is 19.1. The molecular weight excluding hydrogens is 399 g/mol. The Morgan fingerprint density at radius 2 is 2.00 bits per heavy atom. The minimum atomic E-state index is -0.971. The van der Waals surface area contributed by atoms with Crippen molar-refractivity contribution in [1.29, 1.82) is 0 Å². The molecule has 0 fully saturated rings. The second-order valence-corrected chi connectivity index (χ2v) is 6.87. The lowest BCUT2D eigenvalue weighted by Crippen LogP contribution is -2.28. The van der Waals surface area contributed by atoms with Gasteiger partial charge in [-0.15, -0.1) is 0 Å². The van der Waals surface area contributed by atoms with E-state index < -0.39 is 17.8 Å². The van der Waals surface area contributed by atoms with Crippen molar-refractivity contribution < 1.29 is 18.8 Å². The molecule has 1 atom stereocenters. The molecule has 0 aliphatic carbocycles. The van der Waals surface area contributed by atoms with Crippen molar-refractivity contribution >= 4 is 17.4 Å². The molecule has 1 unspecified atom stereocenters. The Balaban J connectivity index is 1.53. The van der Waals surface area contributed by atoms with Crippen LogP contribution in [0.25, 0.3) is 0 Å². The molecule has 0 radical (unpaired) electrons. The third-order valence-corrected chi connectivity index (χ3v) is 4.34. The summed E-state index contributed by atoms with van der Waals surface area (Å²) in [6, 6.07) is 15.3. The van der Waals surface area contributed by atoms with Crippen molar-refractivity contribution in [1.82, 2.24) is 4.98 Å². The van der Waals surface area contributed by atoms with Crippen molar-refractivity contribution in [3.63, 3.8) is 0 Å². The summed E-state index contributed by atoms with van der Waals surface area (Å²) in [6.07, 6.45) is 2.47. The Labute approximate surface area is 179 Å². The minimum absolute atomic E-state index is 0.0740. The van der Waals surface area contributed by atoms with Crippen LogP contribution < -0.4 is 15.8 Å². The summed E-state index contributed by atoms with van der Waals surface area (Å²) < 4.78 is 19.6. The van der Waals surface area contributed by atoms with Crippen LogP contribution in [0.5, 0.6) is 5.75 Å². The first-order valence-electron chi connectivity index (χ1n) is 9.61. The zero-order valence-corrected chi connectivity index (χ0v) is 17.2. The van der Waals surface area contributed by atoms with Crippen LogP contribution in [-0.4, -0.2) is 22.8 Å². The van der Waals surface area contributed by atoms with Gasteiger partial charge in [-0.2, -0.15) is 0 Å². The molecule has 3 N–H and O–H groups in total. The molecule has 3 aromatic rings. The van der Waals surface area contributed by atoms with Gasteiger partial charge in [0.05, 0.1) is 5.69 Å². The standard InChI is InChI=1S/C23H23FN4O3/c1-15-5-10-21(20(24)12-15)27-23(29)16(2)31-28-22(25)18-6-8-19(9-7-18)30-14-17-4-3-11-26-13-17/h3-13,16H,14H2,1-2H3,(H2,25,28)(H,27,29). The van der Waals surface area contributed by atoms with E-state index in [0.717, 1.165) is 11.1 Å². The number of oxime groups is 1. The molecule has 0 saturated carbocycles. The van der Waals surface area contributed by atoms with E-state index >= 15 is 0 Å². The van der Waals surface area contributed by atoms with Crippen molar-refractivity contribution in [2.75, 3.05) is 5.32 Å². The lowest BCUT2D eigenvalue weighted by molar-refractivity contribution is -0.126. The lowest BCUT2D eigenvalue weighted by Gasteiger charge is -2.12. The number of anilines is 1. The molecule has 160 valence electrons. The summed E-state index contributed by atoms with van der Waals surface area (Å²) in [5, 5.41) is 6.27. The number of ether oxygens (including phenoxy) is 1. The fourth-order valence-corrected chi connectivity index (χ4v) is 2.56. The van der Waals surface area contributed by atoms with Gasteiger partial charge in [0.2, 0.25) is 6.10 Å². The summed E-state index contributed by atoms with van der Waals surface area (Å²) in [6.45, 7) is 3.65. The van der Waals surface area contributed by atoms with Gasteiger partial charge in [-0.1, -0.05) is 17.3 Å². The van der Waals surface area contributed by atoms with Crippen LogP contribution in [0, 0.1) is 12.7 Å². The van der Waals surface area contributed by atoms with Crippen LogP contribution in [0.4, 0.5) is 10.1 Å². The number of nitrogens with one attached hydrogen (secondary N) is 1. The van der Waals surface area contributed by atoms with Gasteiger partial charge in [-0.3, -0.25) is 9.78 Å². The van der Waals surface area contributed by atoms with E-state index in [2.05, 4.69) is 15.5 Å². The highest BCUT2D eigenvalue weighted by Crippen LogP contribution is 2.16. The molecule has 1 amide bonds. The predicted octanol–water partition coefficient (Wildman–Crippen LogP) is 3.77. The number of benzene rings is 2. The predicted molar refractivity (Wildman–Crippen MR) is 116 cm³/mol. The largest absolute Gasteiger partial charge is 0.489 e. The van der Waals surface area contributed by atoms with Gasteiger partial charge >= 0.3 is 0 Å². The fourth-order valence-electron chi connectivity index (χ4n) is 2.56. The van der Waals surface area contributed by atoms with E-state index in [1.165, 1.54) is 19.1 Å². The van der Waals surface area contributed by atoms with Crippen LogP contribution in [0.1, 0.15) is 23.6 Å². The van der Waals surface area contributed by atoms with Crippen molar-refractivity contribution in [2.24, 2.45) is 10.9 Å². The van der Waals surface area contributed by atoms with Gasteiger partial charge in [0.25, 0.3) is 5.91 Å². The highest BCUT2D eigenvalue weighted by Gasteiger charge is 2.16. The highest BCUT2D eigenvalue weighted by molar-refractivity contribution is 5.97. The van der Waals surface area contributed by atoms with Crippen LogP contribution in [0.3, 0.4) is 0 Å². The quantitative estimate of drug-likeness (QED) is 0.327. The number of carbonyl (C=O) groups excluding carboxylic acids is 1. The third-order valence-electron chi connectivity index (χ3n) is 4.34. The Kier molecular flexibility index (Phi) is 7.16. The van der Waals surface area contributed by atoms with Crippen molar-refractivity contribution in [3.05, 3.63) is 89.5 Å². The second kappa shape index (κ2) is 10.2. The van der Waals surface area contributed by atoms with Gasteiger partial charge in [-0.25, -0.2) is 4.39 Å². The molecule has 7 nitrogen and oxygen atoms in total. The van der Waals surface area contributed by atoms with E-state index in [4.69, 9.17) is 15.3 Å². The number of nitrogens with zero attached hydrogens (tertiary/aromatic N) is 2. The summed E-state index contributed by atoms with van der Waals surface area (Å²) in [5.41, 5.74) is 8.33. The molecule has 2 aromatic carbocycles. The SMILES string of the molecule is Cc1ccc(NC(=O)C(C)ON=C(N)c2ccc(OCc3cccnc3)cc2)c(F)c1. The summed E-state index contributed by atoms with van der Waals surface area (Å²) in [7, 11) is 0. The van der Waals surface area contributed by atoms with Crippen LogP contribution in [-0.2, 0) is 16.2 Å². The smallest absolute Gasteiger partial charge is 0.268 e. The van der Waals surface area contributed by atoms with E-state index in [-0.39, 0.29) is 11.5 Å². The maximum atomic E-state index is 13.9. The zero-order valence-electron chi connectivity index (χ0n) is 17.2. The van der Waals surface area contributed by atoms with Gasteiger partial charge in [0, 0.05) is 23.5 Å². The molecule has 1 heterocycles. The fraction of sp³-hybridized carbons (Fsp3) is 0.174. The number of amides is 1. The summed E-state index contributed by atoms with van der Waals surface area (Å²) >= 11 is 0. The molecule has 31 heavy (non-hydrogen) atoms. The number of rotatable bonds is 8. The summed E-state index contributed by atoms with van der Waals surface area (Å²) in [5.74, 6) is -0.304. The maximum absolute atomic E-state index is 13.9. The lowest BCUT2D eigenvalue weighted by atomic mass is 10.2. The summed E-state index contributed by atoms with van der Waals surface area (Å²) in [4.78, 5) is 21.4. The van der Waals surface area contributed by atoms with Gasteiger partial charge < -0.3 is 20.6 Å². The number of halogens is 1. The average Bonchev–Trinajstić information content (AvgIpc) is 2.78. The average molecular weight is 422 g/mol. The molecule has 1 aromatic heterocycles. The van der Waals surface area contributed by atoms with E-state index in [1.54, 1.807) is 49.6 Å². The Morgan fingerprint density at radius 1 is 1.23 bits per heavy atom. The number of amidine groups is 1. The number of nitrogens with two attached hydrogens (primary N) is 1. The molecular formula is C23H23FN4O3. The number of hydrogen-bond donors (Lipinski definition) is 2. The van der Waals surface area contributed by atoms with Gasteiger partial charge in [-0.05, 0) is 61.9 Å². The molecule has 0 aliphatic rings. The normalized spacial score (nSPS) is 12.2. The van der Waals surface area contributed by atoms with E-state index in [0.29, 0.717) is 17.9 Å². The number of carbonyl (C=O) groups is 1. The number of hydrogen-bond acceptors (Lipinski definition) is 5. The Morgan fingerprint density at radius 3 is 2.68 bits per heavy atom. The van der Waals surface area contributed by atoms with E-state index in [9.17, 15) is 9.18 Å². The molecule has 3 rings (SSSR count). The van der Waals surface area contributed by atoms with Crippen LogP contribution >= 0.6 is 0 Å². The first-order valence-corrected chi connectivity index (χ1v) is 9.61. The molecule has 8 heteroatoms. The zero-order chi connectivity index (χ0) is 22.2. The van der Waals surface area contributed by atoms with Crippen molar-refractivity contribution in [2.45, 2.75) is 26.6 Å². The topological polar surface area (TPSA) is 98.8 Å². The maximum Gasteiger partial charge on any atom is 0.268 e. The van der Waals surface area contributed by atoms with E-state index in [1.807, 2.05) is 12.1 Å². The van der Waals surface area contributed by atoms with Gasteiger partial charge in [0.1, 0.15) is 18.2 Å². The third kappa shape index (κ3) is 6.27. The Hall–Kier alpha value is -3.94. The number of pyridine rings is 1. The monoisotopic (exact) mass is 422 g/mol. The number of aryl methyl sites for hydroxylation is 1.